The lowest BCUT2D eigenvalue weighted by Gasteiger charge is -2.19. The zero-order valence-corrected chi connectivity index (χ0v) is 11.9. The van der Waals surface area contributed by atoms with Crippen molar-refractivity contribution in [3.8, 4) is 0 Å². The van der Waals surface area contributed by atoms with Crippen molar-refractivity contribution < 1.29 is 23.1 Å². The van der Waals surface area contributed by atoms with Crippen LogP contribution in [0.3, 0.4) is 0 Å². The van der Waals surface area contributed by atoms with E-state index in [9.17, 15) is 13.2 Å². The predicted octanol–water partition coefficient (Wildman–Crippen LogP) is 0.0751. The van der Waals surface area contributed by atoms with Gasteiger partial charge in [-0.1, -0.05) is 0 Å². The first kappa shape index (κ1) is 14.4. The Kier molecular flexibility index (Phi) is 4.19. The van der Waals surface area contributed by atoms with Crippen LogP contribution in [0.15, 0.2) is 9.72 Å². The van der Waals surface area contributed by atoms with Crippen LogP contribution in [0.4, 0.5) is 0 Å². The number of ether oxygens (including phenoxy) is 1. The molecule has 9 heteroatoms. The number of aliphatic hydroxyl groups excluding tert-OH is 1. The Morgan fingerprint density at radius 3 is 2.84 bits per heavy atom. The van der Waals surface area contributed by atoms with Crippen LogP contribution in [0.25, 0.3) is 0 Å². The third-order valence-electron chi connectivity index (χ3n) is 2.73. The van der Waals surface area contributed by atoms with Crippen molar-refractivity contribution in [2.45, 2.75) is 23.1 Å². The number of thiazole rings is 1. The van der Waals surface area contributed by atoms with E-state index in [1.54, 1.807) is 0 Å². The van der Waals surface area contributed by atoms with Crippen LogP contribution in [-0.2, 0) is 14.8 Å². The van der Waals surface area contributed by atoms with Crippen LogP contribution in [0.1, 0.15) is 23.3 Å². The first-order valence-electron chi connectivity index (χ1n) is 5.67. The molecular weight excluding hydrogens is 292 g/mol. The average Bonchev–Trinajstić information content (AvgIpc) is 3.09. The van der Waals surface area contributed by atoms with Gasteiger partial charge >= 0.3 is 5.97 Å². The number of hydrogen-bond acceptors (Lipinski definition) is 7. The number of esters is 1. The molecule has 1 heterocycles. The van der Waals surface area contributed by atoms with E-state index >= 15 is 0 Å². The lowest BCUT2D eigenvalue weighted by molar-refractivity contribution is 0.0590. The Hall–Kier alpha value is -1.03. The normalized spacial score (nSPS) is 15.7. The fourth-order valence-electron chi connectivity index (χ4n) is 1.72. The molecule has 1 N–H and O–H groups in total. The maximum Gasteiger partial charge on any atom is 0.358 e. The van der Waals surface area contributed by atoms with Crippen molar-refractivity contribution in [3.05, 3.63) is 11.2 Å². The number of aromatic nitrogens is 1. The summed E-state index contributed by atoms with van der Waals surface area (Å²) in [5.41, 5.74) is 1.10. The summed E-state index contributed by atoms with van der Waals surface area (Å²) in [4.78, 5) is 15.2. The number of nitrogens with zero attached hydrogens (tertiary/aromatic N) is 2. The Balaban J connectivity index is 2.38. The van der Waals surface area contributed by atoms with E-state index in [4.69, 9.17) is 5.11 Å². The van der Waals surface area contributed by atoms with E-state index in [2.05, 4.69) is 9.72 Å². The second-order valence-corrected chi connectivity index (χ2v) is 6.99. The standard InChI is InChI=1S/C10H14N2O5S2/c1-17-9(14)8-10(18-6-11-8)19(15,16)12(4-5-13)7-2-3-7/h6-7,13H,2-5H2,1H3. The Morgan fingerprint density at radius 2 is 2.32 bits per heavy atom. The average molecular weight is 306 g/mol. The molecule has 0 bridgehead atoms. The third-order valence-corrected chi connectivity index (χ3v) is 6.03. The van der Waals surface area contributed by atoms with Gasteiger partial charge in [-0.2, -0.15) is 4.31 Å². The number of aliphatic hydroxyl groups is 1. The van der Waals surface area contributed by atoms with Gasteiger partial charge in [0.25, 0.3) is 10.0 Å². The third kappa shape index (κ3) is 2.78. The van der Waals surface area contributed by atoms with Gasteiger partial charge in [-0.3, -0.25) is 0 Å². The molecule has 0 unspecified atom stereocenters. The monoisotopic (exact) mass is 306 g/mol. The van der Waals surface area contributed by atoms with Crippen molar-refractivity contribution in [1.29, 1.82) is 0 Å². The molecule has 19 heavy (non-hydrogen) atoms. The summed E-state index contributed by atoms with van der Waals surface area (Å²) in [6.07, 6.45) is 1.54. The van der Waals surface area contributed by atoms with Gasteiger partial charge in [0, 0.05) is 12.6 Å². The highest BCUT2D eigenvalue weighted by atomic mass is 32.2. The number of carbonyl (C=O) groups excluding carboxylic acids is 1. The number of rotatable bonds is 6. The number of hydrogen-bond donors (Lipinski definition) is 1. The minimum atomic E-state index is -3.81. The van der Waals surface area contributed by atoms with Crippen molar-refractivity contribution in [2.24, 2.45) is 0 Å². The minimum Gasteiger partial charge on any atom is -0.464 e. The molecule has 0 amide bonds. The Bertz CT molecular complexity index is 564. The fourth-order valence-corrected chi connectivity index (χ4v) is 4.64. The number of sulfonamides is 1. The highest BCUT2D eigenvalue weighted by Gasteiger charge is 2.40. The first-order valence-corrected chi connectivity index (χ1v) is 7.99. The maximum absolute atomic E-state index is 12.5. The fraction of sp³-hybridized carbons (Fsp3) is 0.600. The second kappa shape index (κ2) is 5.53. The molecular formula is C10H14N2O5S2. The minimum absolute atomic E-state index is 0.0194. The molecule has 0 aromatic carbocycles. The molecule has 7 nitrogen and oxygen atoms in total. The van der Waals surface area contributed by atoms with Gasteiger partial charge in [-0.15, -0.1) is 11.3 Å². The summed E-state index contributed by atoms with van der Waals surface area (Å²) in [6, 6.07) is -0.0928. The molecule has 0 spiro atoms. The van der Waals surface area contributed by atoms with Crippen molar-refractivity contribution in [2.75, 3.05) is 20.3 Å². The van der Waals surface area contributed by atoms with Gasteiger partial charge in [0.15, 0.2) is 9.90 Å². The molecule has 0 aliphatic heterocycles. The molecule has 1 fully saturated rings. The SMILES string of the molecule is COC(=O)c1ncsc1S(=O)(=O)N(CCO)C1CC1. The Morgan fingerprint density at radius 1 is 1.63 bits per heavy atom. The molecule has 106 valence electrons. The van der Waals surface area contributed by atoms with E-state index in [1.807, 2.05) is 0 Å². The van der Waals surface area contributed by atoms with Gasteiger partial charge in [0.2, 0.25) is 0 Å². The van der Waals surface area contributed by atoms with E-state index in [1.165, 1.54) is 16.9 Å². The molecule has 0 atom stereocenters. The molecule has 1 aliphatic rings. The van der Waals surface area contributed by atoms with Crippen molar-refractivity contribution in [3.63, 3.8) is 0 Å². The first-order chi connectivity index (χ1) is 9.02. The van der Waals surface area contributed by atoms with Crippen LogP contribution < -0.4 is 0 Å². The molecule has 1 aromatic heterocycles. The summed E-state index contributed by atoms with van der Waals surface area (Å²) in [6.45, 7) is -0.242. The van der Waals surface area contributed by atoms with Gasteiger partial charge < -0.3 is 9.84 Å². The van der Waals surface area contributed by atoms with Crippen LogP contribution in [0.2, 0.25) is 0 Å². The van der Waals surface area contributed by atoms with E-state index in [0.29, 0.717) is 0 Å². The van der Waals surface area contributed by atoms with Crippen LogP contribution in [0.5, 0.6) is 0 Å². The second-order valence-electron chi connectivity index (χ2n) is 4.05. The highest BCUT2D eigenvalue weighted by molar-refractivity contribution is 7.91. The summed E-state index contributed by atoms with van der Waals surface area (Å²) in [5.74, 6) is -0.778. The van der Waals surface area contributed by atoms with Crippen LogP contribution >= 0.6 is 11.3 Å². The topological polar surface area (TPSA) is 96.8 Å². The molecule has 1 saturated carbocycles. The maximum atomic E-state index is 12.5. The lowest BCUT2D eigenvalue weighted by Crippen LogP contribution is -2.35. The van der Waals surface area contributed by atoms with Crippen LogP contribution in [-0.4, -0.2) is 55.1 Å². The van der Waals surface area contributed by atoms with Gasteiger partial charge in [0.1, 0.15) is 0 Å². The van der Waals surface area contributed by atoms with Crippen LogP contribution in [0, 0.1) is 0 Å². The number of methoxy groups -OCH3 is 1. The quantitative estimate of drug-likeness (QED) is 0.747. The van der Waals surface area contributed by atoms with E-state index in [-0.39, 0.29) is 29.1 Å². The molecule has 0 radical (unpaired) electrons. The van der Waals surface area contributed by atoms with Gasteiger partial charge in [-0.25, -0.2) is 18.2 Å². The van der Waals surface area contributed by atoms with E-state index < -0.39 is 16.0 Å². The lowest BCUT2D eigenvalue weighted by atomic mass is 10.5. The summed E-state index contributed by atoms with van der Waals surface area (Å²) in [7, 11) is -2.64. The number of carbonyl (C=O) groups is 1. The zero-order chi connectivity index (χ0) is 14.0. The van der Waals surface area contributed by atoms with E-state index in [0.717, 1.165) is 24.2 Å². The predicted molar refractivity (Wildman–Crippen MR) is 67.5 cm³/mol. The Labute approximate surface area is 114 Å². The molecule has 2 rings (SSSR count). The highest BCUT2D eigenvalue weighted by Crippen LogP contribution is 2.34. The smallest absolute Gasteiger partial charge is 0.358 e. The van der Waals surface area contributed by atoms with Crippen molar-refractivity contribution in [1.82, 2.24) is 9.29 Å². The van der Waals surface area contributed by atoms with Crippen molar-refractivity contribution >= 4 is 27.3 Å². The largest absolute Gasteiger partial charge is 0.464 e. The zero-order valence-electron chi connectivity index (χ0n) is 10.3. The van der Waals surface area contributed by atoms with Gasteiger partial charge in [0.05, 0.1) is 19.2 Å². The molecule has 0 saturated heterocycles. The molecule has 1 aromatic rings. The summed E-state index contributed by atoms with van der Waals surface area (Å²) in [5, 5.41) is 8.99. The van der Waals surface area contributed by atoms with Gasteiger partial charge in [-0.05, 0) is 12.8 Å². The molecule has 1 aliphatic carbocycles. The summed E-state index contributed by atoms with van der Waals surface area (Å²) < 4.78 is 30.6. The summed E-state index contributed by atoms with van der Waals surface area (Å²) >= 11 is 0.876.